The van der Waals surface area contributed by atoms with Crippen LogP contribution in [0.2, 0.25) is 0 Å². The lowest BCUT2D eigenvalue weighted by Crippen LogP contribution is -2.05. The molecule has 0 saturated carbocycles. The molecule has 1 rings (SSSR count). The highest BCUT2D eigenvalue weighted by molar-refractivity contribution is 7.99. The minimum atomic E-state index is -0.181. The maximum atomic E-state index is 13.1. The van der Waals surface area contributed by atoms with E-state index in [4.69, 9.17) is 10.5 Å². The normalized spacial score (nSPS) is 11.3. The zero-order chi connectivity index (χ0) is 12.7. The third kappa shape index (κ3) is 6.89. The summed E-state index contributed by atoms with van der Waals surface area (Å²) in [6, 6.07) is 7.65. The van der Waals surface area contributed by atoms with Gasteiger partial charge in [-0.15, -0.1) is 24.2 Å². The summed E-state index contributed by atoms with van der Waals surface area (Å²) in [7, 11) is 0. The average molecular weight is 292 g/mol. The third-order valence-electron chi connectivity index (χ3n) is 1.91. The smallest absolute Gasteiger partial charge is 0.119 e. The van der Waals surface area contributed by atoms with Crippen molar-refractivity contribution < 1.29 is 9.13 Å². The van der Waals surface area contributed by atoms with Crippen LogP contribution in [0.4, 0.5) is 4.39 Å². The van der Waals surface area contributed by atoms with Crippen molar-refractivity contribution in [2.45, 2.75) is 24.8 Å². The van der Waals surface area contributed by atoms with Gasteiger partial charge in [-0.1, -0.05) is 0 Å². The van der Waals surface area contributed by atoms with Crippen molar-refractivity contribution >= 4 is 24.2 Å². The lowest BCUT2D eigenvalue weighted by Gasteiger charge is -2.09. The Morgan fingerprint density at radius 1 is 1.39 bits per heavy atom. The van der Waals surface area contributed by atoms with Crippen molar-refractivity contribution in [2.75, 3.05) is 12.3 Å². The molecule has 0 amide bonds. The van der Waals surface area contributed by atoms with Gasteiger partial charge in [-0.3, -0.25) is 0 Å². The summed E-state index contributed by atoms with van der Waals surface area (Å²) in [6.45, 7) is 4.21. The number of thioether (sulfide) groups is 1. The summed E-state index contributed by atoms with van der Waals surface area (Å²) in [5.74, 6) is 0.976. The van der Waals surface area contributed by atoms with Crippen molar-refractivity contribution in [3.63, 3.8) is 0 Å². The van der Waals surface area contributed by atoms with Gasteiger partial charge in [0.05, 0.1) is 6.10 Å². The van der Waals surface area contributed by atoms with E-state index in [0.717, 1.165) is 10.6 Å². The Morgan fingerprint density at radius 2 is 2.00 bits per heavy atom. The van der Waals surface area contributed by atoms with E-state index in [0.29, 0.717) is 5.75 Å². The molecule has 2 nitrogen and oxygen atoms in total. The van der Waals surface area contributed by atoms with Crippen LogP contribution in [0.1, 0.15) is 13.8 Å². The Kier molecular flexibility index (Phi) is 8.89. The number of benzene rings is 1. The minimum Gasteiger partial charge on any atom is -0.491 e. The summed E-state index contributed by atoms with van der Waals surface area (Å²) in [6.07, 6.45) is 1.56. The molecule has 0 saturated heterocycles. The molecule has 18 heavy (non-hydrogen) atoms. The van der Waals surface area contributed by atoms with E-state index in [-0.39, 0.29) is 30.9 Å². The van der Waals surface area contributed by atoms with E-state index in [9.17, 15) is 4.39 Å². The maximum Gasteiger partial charge on any atom is 0.119 e. The van der Waals surface area contributed by atoms with Gasteiger partial charge in [-0.2, -0.15) is 0 Å². The molecule has 0 bridgehead atoms. The first-order chi connectivity index (χ1) is 8.11. The highest BCUT2D eigenvalue weighted by Crippen LogP contribution is 2.23. The first-order valence-corrected chi connectivity index (χ1v) is 6.54. The quantitative estimate of drug-likeness (QED) is 0.810. The highest BCUT2D eigenvalue weighted by atomic mass is 35.5. The van der Waals surface area contributed by atoms with Crippen LogP contribution in [0.3, 0.4) is 0 Å². The average Bonchev–Trinajstić information content (AvgIpc) is 2.28. The summed E-state index contributed by atoms with van der Waals surface area (Å²) in [5.41, 5.74) is 5.22. The molecular formula is C13H19ClFNOS. The Labute approximate surface area is 118 Å². The molecule has 0 heterocycles. The van der Waals surface area contributed by atoms with Crippen molar-refractivity contribution in [3.8, 4) is 5.75 Å². The van der Waals surface area contributed by atoms with Crippen LogP contribution >= 0.6 is 24.2 Å². The van der Waals surface area contributed by atoms with E-state index in [1.54, 1.807) is 0 Å². The summed E-state index contributed by atoms with van der Waals surface area (Å²) >= 11 is 1.44. The standard InChI is InChI=1S/C13H18FNOS.ClH/c1-10(2)16-12-3-5-13(6-4-12)17-9-11(14)7-8-15;/h3-7,10H,8-9,15H2,1-2H3;1H/b11-7+;. The fourth-order valence-corrected chi connectivity index (χ4v) is 1.98. The molecule has 102 valence electrons. The lowest BCUT2D eigenvalue weighted by molar-refractivity contribution is 0.242. The second-order valence-electron chi connectivity index (χ2n) is 3.81. The van der Waals surface area contributed by atoms with Crippen LogP contribution in [0.5, 0.6) is 5.75 Å². The molecule has 1 aromatic rings. The van der Waals surface area contributed by atoms with Crippen molar-refractivity contribution in [2.24, 2.45) is 5.73 Å². The lowest BCUT2D eigenvalue weighted by atomic mass is 10.3. The summed E-state index contributed by atoms with van der Waals surface area (Å²) in [5, 5.41) is 0. The molecule has 0 fully saturated rings. The molecule has 0 aliphatic carbocycles. The molecule has 0 atom stereocenters. The Hall–Kier alpha value is -0.710. The van der Waals surface area contributed by atoms with Crippen LogP contribution < -0.4 is 10.5 Å². The largest absolute Gasteiger partial charge is 0.491 e. The number of hydrogen-bond acceptors (Lipinski definition) is 3. The highest BCUT2D eigenvalue weighted by Gasteiger charge is 2.00. The fraction of sp³-hybridized carbons (Fsp3) is 0.385. The van der Waals surface area contributed by atoms with Gasteiger partial charge in [0.15, 0.2) is 0 Å². The first kappa shape index (κ1) is 17.3. The summed E-state index contributed by atoms with van der Waals surface area (Å²) < 4.78 is 18.6. The maximum absolute atomic E-state index is 13.1. The van der Waals surface area contributed by atoms with Crippen LogP contribution in [0.15, 0.2) is 41.1 Å². The van der Waals surface area contributed by atoms with Gasteiger partial charge in [0.2, 0.25) is 0 Å². The molecule has 0 unspecified atom stereocenters. The number of hydrogen-bond donors (Lipinski definition) is 1. The van der Waals surface area contributed by atoms with Crippen molar-refractivity contribution in [3.05, 3.63) is 36.2 Å². The Bertz CT molecular complexity index is 368. The first-order valence-electron chi connectivity index (χ1n) is 5.56. The van der Waals surface area contributed by atoms with Gasteiger partial charge in [0, 0.05) is 17.2 Å². The van der Waals surface area contributed by atoms with Gasteiger partial charge >= 0.3 is 0 Å². The SMILES string of the molecule is CC(C)Oc1ccc(SC/C(F)=C\CN)cc1.Cl. The van der Waals surface area contributed by atoms with Crippen LogP contribution in [0.25, 0.3) is 0 Å². The van der Waals surface area contributed by atoms with E-state index < -0.39 is 0 Å². The number of nitrogens with two attached hydrogens (primary N) is 1. The van der Waals surface area contributed by atoms with Crippen molar-refractivity contribution in [1.82, 2.24) is 0 Å². The van der Waals surface area contributed by atoms with E-state index in [1.165, 1.54) is 17.8 Å². The molecule has 2 N–H and O–H groups in total. The third-order valence-corrected chi connectivity index (χ3v) is 2.94. The van der Waals surface area contributed by atoms with E-state index in [1.807, 2.05) is 38.1 Å². The van der Waals surface area contributed by atoms with E-state index >= 15 is 0 Å². The predicted octanol–water partition coefficient (Wildman–Crippen LogP) is 3.80. The van der Waals surface area contributed by atoms with Crippen LogP contribution in [-0.2, 0) is 0 Å². The van der Waals surface area contributed by atoms with Gasteiger partial charge in [-0.05, 0) is 44.2 Å². The van der Waals surface area contributed by atoms with Gasteiger partial charge < -0.3 is 10.5 Å². The molecule has 0 radical (unpaired) electrons. The molecule has 0 aromatic heterocycles. The zero-order valence-corrected chi connectivity index (χ0v) is 12.2. The molecule has 0 spiro atoms. The Balaban J connectivity index is 0.00000289. The Morgan fingerprint density at radius 3 is 2.50 bits per heavy atom. The topological polar surface area (TPSA) is 35.2 Å². The monoisotopic (exact) mass is 291 g/mol. The van der Waals surface area contributed by atoms with Gasteiger partial charge in [0.1, 0.15) is 11.6 Å². The second kappa shape index (κ2) is 9.25. The molecular weight excluding hydrogens is 273 g/mol. The van der Waals surface area contributed by atoms with E-state index in [2.05, 4.69) is 0 Å². The number of halogens is 2. The van der Waals surface area contributed by atoms with Crippen LogP contribution in [0, 0.1) is 0 Å². The molecule has 1 aromatic carbocycles. The number of rotatable bonds is 6. The van der Waals surface area contributed by atoms with Crippen molar-refractivity contribution in [1.29, 1.82) is 0 Å². The number of ether oxygens (including phenoxy) is 1. The predicted molar refractivity (Wildman–Crippen MR) is 78.4 cm³/mol. The van der Waals surface area contributed by atoms with Gasteiger partial charge in [-0.25, -0.2) is 4.39 Å². The molecule has 5 heteroatoms. The van der Waals surface area contributed by atoms with Crippen LogP contribution in [-0.4, -0.2) is 18.4 Å². The zero-order valence-electron chi connectivity index (χ0n) is 10.6. The second-order valence-corrected chi connectivity index (χ2v) is 4.86. The molecule has 0 aliphatic heterocycles. The van der Waals surface area contributed by atoms with Gasteiger partial charge in [0.25, 0.3) is 0 Å². The fourth-order valence-electron chi connectivity index (χ4n) is 1.23. The molecule has 0 aliphatic rings. The summed E-state index contributed by atoms with van der Waals surface area (Å²) in [4.78, 5) is 1.02. The minimum absolute atomic E-state index is 0.